The normalized spacial score (nSPS) is 12.0. The molecule has 0 atom stereocenters. The number of rotatable bonds is 2. The van der Waals surface area contributed by atoms with Crippen molar-refractivity contribution in [2.75, 3.05) is 5.73 Å². The lowest BCUT2D eigenvalue weighted by molar-refractivity contribution is 0.589. The van der Waals surface area contributed by atoms with Crippen LogP contribution in [0.25, 0.3) is 11.0 Å². The van der Waals surface area contributed by atoms with E-state index in [-0.39, 0.29) is 10.8 Å². The minimum Gasteiger partial charge on any atom is -0.368 e. The van der Waals surface area contributed by atoms with Gasteiger partial charge >= 0.3 is 0 Å². The number of nitrogens with two attached hydrogens (primary N) is 1. The Labute approximate surface area is 129 Å². The van der Waals surface area contributed by atoms with E-state index in [0.717, 1.165) is 20.7 Å². The van der Waals surface area contributed by atoms with Gasteiger partial charge in [-0.15, -0.1) is 0 Å². The van der Waals surface area contributed by atoms with Crippen molar-refractivity contribution >= 4 is 27.0 Å². The first-order valence-electron chi connectivity index (χ1n) is 6.88. The molecule has 0 saturated carbocycles. The third-order valence-electron chi connectivity index (χ3n) is 3.81. The van der Waals surface area contributed by atoms with E-state index >= 15 is 0 Å². The van der Waals surface area contributed by atoms with Gasteiger partial charge in [0.25, 0.3) is 10.0 Å². The fraction of sp³-hybridized carbons (Fsp3) is 0.188. The summed E-state index contributed by atoms with van der Waals surface area (Å²) in [6, 6.07) is 10.3. The maximum absolute atomic E-state index is 12.9. The quantitative estimate of drug-likeness (QED) is 0.789. The van der Waals surface area contributed by atoms with E-state index < -0.39 is 10.0 Å². The highest BCUT2D eigenvalue weighted by molar-refractivity contribution is 7.90. The molecule has 3 rings (SSSR count). The van der Waals surface area contributed by atoms with Crippen molar-refractivity contribution in [1.29, 1.82) is 0 Å². The highest BCUT2D eigenvalue weighted by Crippen LogP contribution is 2.26. The zero-order chi connectivity index (χ0) is 16.1. The van der Waals surface area contributed by atoms with Gasteiger partial charge in [0.1, 0.15) is 0 Å². The molecular weight excluding hydrogens is 298 g/mol. The maximum atomic E-state index is 12.9. The predicted octanol–water partition coefficient (Wildman–Crippen LogP) is 2.78. The van der Waals surface area contributed by atoms with Crippen LogP contribution in [0.4, 0.5) is 5.95 Å². The number of benzene rings is 2. The van der Waals surface area contributed by atoms with E-state index in [1.165, 1.54) is 0 Å². The highest BCUT2D eigenvalue weighted by atomic mass is 32.2. The van der Waals surface area contributed by atoms with Crippen molar-refractivity contribution in [1.82, 2.24) is 8.96 Å². The van der Waals surface area contributed by atoms with Crippen molar-refractivity contribution in [2.24, 2.45) is 0 Å². The van der Waals surface area contributed by atoms with Gasteiger partial charge in [-0.2, -0.15) is 0 Å². The monoisotopic (exact) mass is 315 g/mol. The predicted molar refractivity (Wildman–Crippen MR) is 87.4 cm³/mol. The Balaban J connectivity index is 2.31. The SMILES string of the molecule is Cc1ccc(S(=O)(=O)n2c(N)nc3cc(C)c(C)cc32)cc1. The van der Waals surface area contributed by atoms with E-state index in [4.69, 9.17) is 5.73 Å². The Bertz CT molecular complexity index is 971. The molecule has 114 valence electrons. The van der Waals surface area contributed by atoms with E-state index in [2.05, 4.69) is 4.98 Å². The van der Waals surface area contributed by atoms with Gasteiger partial charge in [0, 0.05) is 0 Å². The molecule has 3 aromatic rings. The van der Waals surface area contributed by atoms with E-state index in [1.54, 1.807) is 30.3 Å². The van der Waals surface area contributed by atoms with Crippen LogP contribution in [0.15, 0.2) is 41.3 Å². The maximum Gasteiger partial charge on any atom is 0.271 e. The summed E-state index contributed by atoms with van der Waals surface area (Å²) in [6.45, 7) is 5.79. The summed E-state index contributed by atoms with van der Waals surface area (Å²) in [5.41, 5.74) is 9.99. The second kappa shape index (κ2) is 4.84. The lowest BCUT2D eigenvalue weighted by atomic mass is 10.1. The molecule has 0 fully saturated rings. The Morgan fingerprint density at radius 3 is 2.23 bits per heavy atom. The highest BCUT2D eigenvalue weighted by Gasteiger charge is 2.23. The molecule has 0 aliphatic heterocycles. The third kappa shape index (κ3) is 2.16. The van der Waals surface area contributed by atoms with Gasteiger partial charge in [-0.3, -0.25) is 0 Å². The molecule has 2 N–H and O–H groups in total. The second-order valence-corrected chi connectivity index (χ2v) is 7.26. The van der Waals surface area contributed by atoms with E-state index in [0.29, 0.717) is 11.0 Å². The zero-order valence-corrected chi connectivity index (χ0v) is 13.5. The van der Waals surface area contributed by atoms with Gasteiger partial charge in [-0.25, -0.2) is 17.4 Å². The second-order valence-electron chi connectivity index (χ2n) is 5.48. The fourth-order valence-corrected chi connectivity index (χ4v) is 3.78. The lowest BCUT2D eigenvalue weighted by Gasteiger charge is -2.09. The van der Waals surface area contributed by atoms with E-state index in [9.17, 15) is 8.42 Å². The van der Waals surface area contributed by atoms with Gasteiger partial charge in [-0.1, -0.05) is 17.7 Å². The number of fused-ring (bicyclic) bond motifs is 1. The van der Waals surface area contributed by atoms with Crippen molar-refractivity contribution in [3.63, 3.8) is 0 Å². The van der Waals surface area contributed by atoms with Gasteiger partial charge in [0.05, 0.1) is 15.9 Å². The minimum absolute atomic E-state index is 0.0272. The fourth-order valence-electron chi connectivity index (χ4n) is 2.40. The van der Waals surface area contributed by atoms with Crippen LogP contribution in [-0.4, -0.2) is 17.4 Å². The summed E-state index contributed by atoms with van der Waals surface area (Å²) in [6.07, 6.45) is 0. The van der Waals surface area contributed by atoms with Crippen molar-refractivity contribution in [3.8, 4) is 0 Å². The van der Waals surface area contributed by atoms with Crippen molar-refractivity contribution in [2.45, 2.75) is 25.7 Å². The summed E-state index contributed by atoms with van der Waals surface area (Å²) >= 11 is 0. The first kappa shape index (κ1) is 14.6. The molecule has 0 aliphatic rings. The average molecular weight is 315 g/mol. The van der Waals surface area contributed by atoms with Crippen LogP contribution < -0.4 is 5.73 Å². The van der Waals surface area contributed by atoms with Crippen LogP contribution in [0.1, 0.15) is 16.7 Å². The molecule has 0 saturated heterocycles. The summed E-state index contributed by atoms with van der Waals surface area (Å²) < 4.78 is 26.9. The number of hydrogen-bond donors (Lipinski definition) is 1. The molecule has 0 unspecified atom stereocenters. The van der Waals surface area contributed by atoms with Gasteiger partial charge in [-0.05, 0) is 56.2 Å². The number of nitrogens with zero attached hydrogens (tertiary/aromatic N) is 2. The van der Waals surface area contributed by atoms with Crippen LogP contribution in [0.5, 0.6) is 0 Å². The Morgan fingerprint density at radius 2 is 1.59 bits per heavy atom. The molecule has 2 aromatic carbocycles. The Morgan fingerprint density at radius 1 is 1.00 bits per heavy atom. The van der Waals surface area contributed by atoms with Crippen molar-refractivity contribution in [3.05, 3.63) is 53.1 Å². The molecular formula is C16H17N3O2S. The molecule has 0 bridgehead atoms. The molecule has 1 heterocycles. The molecule has 0 amide bonds. The van der Waals surface area contributed by atoms with Crippen LogP contribution in [0, 0.1) is 20.8 Å². The number of nitrogen functional groups attached to an aromatic ring is 1. The number of imidazole rings is 1. The Hall–Kier alpha value is -2.34. The number of hydrogen-bond acceptors (Lipinski definition) is 4. The number of aromatic nitrogens is 2. The first-order valence-corrected chi connectivity index (χ1v) is 8.32. The standard InChI is InChI=1S/C16H17N3O2S/c1-10-4-6-13(7-5-10)22(20,21)19-15-9-12(3)11(2)8-14(15)18-16(19)17/h4-9H,1-3H3,(H2,17,18). The van der Waals surface area contributed by atoms with Gasteiger partial charge < -0.3 is 5.73 Å². The van der Waals surface area contributed by atoms with Crippen LogP contribution in [-0.2, 0) is 10.0 Å². The minimum atomic E-state index is -3.77. The molecule has 0 radical (unpaired) electrons. The first-order chi connectivity index (χ1) is 10.3. The molecule has 0 spiro atoms. The summed E-state index contributed by atoms with van der Waals surface area (Å²) in [7, 11) is -3.77. The van der Waals surface area contributed by atoms with Crippen LogP contribution in [0.2, 0.25) is 0 Å². The van der Waals surface area contributed by atoms with Gasteiger partial charge in [0.15, 0.2) is 0 Å². The smallest absolute Gasteiger partial charge is 0.271 e. The summed E-state index contributed by atoms with van der Waals surface area (Å²) in [5, 5.41) is 0. The van der Waals surface area contributed by atoms with Gasteiger partial charge in [0.2, 0.25) is 5.95 Å². The topological polar surface area (TPSA) is 78.0 Å². The average Bonchev–Trinajstić information content (AvgIpc) is 2.75. The third-order valence-corrected chi connectivity index (χ3v) is 5.54. The summed E-state index contributed by atoms with van der Waals surface area (Å²) in [5.74, 6) is -0.0272. The van der Waals surface area contributed by atoms with Crippen LogP contribution in [0.3, 0.4) is 0 Å². The van der Waals surface area contributed by atoms with E-state index in [1.807, 2.05) is 26.8 Å². The number of anilines is 1. The summed E-state index contributed by atoms with van der Waals surface area (Å²) in [4.78, 5) is 4.38. The largest absolute Gasteiger partial charge is 0.368 e. The van der Waals surface area contributed by atoms with Crippen molar-refractivity contribution < 1.29 is 8.42 Å². The molecule has 22 heavy (non-hydrogen) atoms. The molecule has 6 heteroatoms. The molecule has 5 nitrogen and oxygen atoms in total. The van der Waals surface area contributed by atoms with Crippen LogP contribution >= 0.6 is 0 Å². The molecule has 0 aliphatic carbocycles. The lowest BCUT2D eigenvalue weighted by Crippen LogP contribution is -2.15. The number of aryl methyl sites for hydroxylation is 3. The Kier molecular flexibility index (Phi) is 3.21. The molecule has 1 aromatic heterocycles. The zero-order valence-electron chi connectivity index (χ0n) is 12.7.